The van der Waals surface area contributed by atoms with Crippen molar-refractivity contribution in [2.24, 2.45) is 11.8 Å². The SMILES string of the molecule is Cc1ccccc1-n1c(C)nc2c1CC[C@H]1[C@H](C)C3(CC[C@]21C)OCCO3. The van der Waals surface area contributed by atoms with Gasteiger partial charge >= 0.3 is 0 Å². The average Bonchev–Trinajstić information content (AvgIpc) is 3.25. The second-order valence-corrected chi connectivity index (χ2v) is 8.94. The molecule has 0 unspecified atom stereocenters. The molecule has 0 bridgehead atoms. The first-order valence-electron chi connectivity index (χ1n) is 10.4. The highest BCUT2D eigenvalue weighted by Crippen LogP contribution is 2.56. The molecule has 27 heavy (non-hydrogen) atoms. The van der Waals surface area contributed by atoms with Gasteiger partial charge < -0.3 is 14.0 Å². The van der Waals surface area contributed by atoms with Crippen LogP contribution in [0, 0.1) is 25.7 Å². The summed E-state index contributed by atoms with van der Waals surface area (Å²) in [6, 6.07) is 8.65. The van der Waals surface area contributed by atoms with Crippen molar-refractivity contribution in [3.63, 3.8) is 0 Å². The molecule has 1 aromatic heterocycles. The number of nitrogens with zero attached hydrogens (tertiary/aromatic N) is 2. The molecular weight excluding hydrogens is 336 g/mol. The van der Waals surface area contributed by atoms with Crippen molar-refractivity contribution < 1.29 is 9.47 Å². The Kier molecular flexibility index (Phi) is 3.83. The van der Waals surface area contributed by atoms with E-state index in [4.69, 9.17) is 14.5 Å². The van der Waals surface area contributed by atoms with E-state index in [0.29, 0.717) is 11.8 Å². The minimum absolute atomic E-state index is 0.103. The molecule has 4 nitrogen and oxygen atoms in total. The normalized spacial score (nSPS) is 31.7. The number of hydrogen-bond acceptors (Lipinski definition) is 3. The zero-order valence-corrected chi connectivity index (χ0v) is 16.9. The number of aromatic nitrogens is 2. The molecule has 2 heterocycles. The smallest absolute Gasteiger partial charge is 0.171 e. The van der Waals surface area contributed by atoms with Gasteiger partial charge in [-0.15, -0.1) is 0 Å². The third-order valence-electron chi connectivity index (χ3n) is 7.61. The lowest BCUT2D eigenvalue weighted by Gasteiger charge is -2.53. The zero-order chi connectivity index (χ0) is 18.8. The molecule has 5 rings (SSSR count). The van der Waals surface area contributed by atoms with E-state index >= 15 is 0 Å². The van der Waals surface area contributed by atoms with Crippen LogP contribution in [0.3, 0.4) is 0 Å². The Morgan fingerprint density at radius 1 is 1.11 bits per heavy atom. The van der Waals surface area contributed by atoms with Gasteiger partial charge in [-0.25, -0.2) is 4.98 Å². The number of fused-ring (bicyclic) bond motifs is 3. The van der Waals surface area contributed by atoms with E-state index in [1.54, 1.807) is 0 Å². The van der Waals surface area contributed by atoms with Crippen molar-refractivity contribution in [3.05, 3.63) is 47.0 Å². The highest BCUT2D eigenvalue weighted by Gasteiger charge is 2.58. The largest absolute Gasteiger partial charge is 0.347 e. The van der Waals surface area contributed by atoms with E-state index < -0.39 is 0 Å². The van der Waals surface area contributed by atoms with Gasteiger partial charge in [0.1, 0.15) is 5.82 Å². The summed E-state index contributed by atoms with van der Waals surface area (Å²) in [5, 5.41) is 0. The molecule has 1 saturated carbocycles. The monoisotopic (exact) mass is 366 g/mol. The van der Waals surface area contributed by atoms with Gasteiger partial charge in [-0.3, -0.25) is 0 Å². The summed E-state index contributed by atoms with van der Waals surface area (Å²) in [4.78, 5) is 5.16. The average molecular weight is 367 g/mol. The molecule has 1 aromatic carbocycles. The molecule has 3 aliphatic rings. The predicted molar refractivity (Wildman–Crippen MR) is 105 cm³/mol. The molecule has 2 aliphatic carbocycles. The Morgan fingerprint density at radius 2 is 1.85 bits per heavy atom. The summed E-state index contributed by atoms with van der Waals surface area (Å²) in [6.07, 6.45) is 4.30. The van der Waals surface area contributed by atoms with E-state index in [0.717, 1.165) is 38.3 Å². The van der Waals surface area contributed by atoms with Crippen molar-refractivity contribution in [1.82, 2.24) is 9.55 Å². The highest BCUT2D eigenvalue weighted by molar-refractivity contribution is 5.46. The van der Waals surface area contributed by atoms with Crippen LogP contribution < -0.4 is 0 Å². The summed E-state index contributed by atoms with van der Waals surface area (Å²) < 4.78 is 14.7. The third-order valence-corrected chi connectivity index (χ3v) is 7.61. The van der Waals surface area contributed by atoms with Crippen molar-refractivity contribution >= 4 is 0 Å². The number of ether oxygens (including phenoxy) is 2. The molecule has 0 amide bonds. The quantitative estimate of drug-likeness (QED) is 0.746. The third kappa shape index (κ3) is 2.32. The topological polar surface area (TPSA) is 36.3 Å². The van der Waals surface area contributed by atoms with Gasteiger partial charge in [0.05, 0.1) is 18.9 Å². The molecule has 0 N–H and O–H groups in total. The van der Waals surface area contributed by atoms with Crippen molar-refractivity contribution in [1.29, 1.82) is 0 Å². The molecule has 3 atom stereocenters. The van der Waals surface area contributed by atoms with Gasteiger partial charge in [-0.2, -0.15) is 0 Å². The first-order chi connectivity index (χ1) is 13.0. The fourth-order valence-corrected chi connectivity index (χ4v) is 6.14. The van der Waals surface area contributed by atoms with Gasteiger partial charge in [-0.1, -0.05) is 32.0 Å². The van der Waals surface area contributed by atoms with Crippen molar-refractivity contribution in [2.45, 2.75) is 64.6 Å². The maximum absolute atomic E-state index is 6.14. The second-order valence-electron chi connectivity index (χ2n) is 8.94. The number of aryl methyl sites for hydroxylation is 2. The fourth-order valence-electron chi connectivity index (χ4n) is 6.14. The van der Waals surface area contributed by atoms with Gasteiger partial charge in [0, 0.05) is 29.1 Å². The van der Waals surface area contributed by atoms with E-state index in [1.807, 2.05) is 0 Å². The molecular formula is C23H30N2O2. The molecule has 144 valence electrons. The lowest BCUT2D eigenvalue weighted by atomic mass is 9.55. The summed E-state index contributed by atoms with van der Waals surface area (Å²) in [5.41, 5.74) is 5.41. The van der Waals surface area contributed by atoms with Crippen LogP contribution >= 0.6 is 0 Å². The van der Waals surface area contributed by atoms with Gasteiger partial charge in [0.15, 0.2) is 5.79 Å². The van der Waals surface area contributed by atoms with E-state index in [1.165, 1.54) is 29.1 Å². The number of imidazole rings is 1. The van der Waals surface area contributed by atoms with Crippen molar-refractivity contribution in [3.8, 4) is 5.69 Å². The molecule has 2 fully saturated rings. The van der Waals surface area contributed by atoms with Crippen LogP contribution in [0.15, 0.2) is 24.3 Å². The first-order valence-corrected chi connectivity index (χ1v) is 10.4. The lowest BCUT2D eigenvalue weighted by Crippen LogP contribution is -2.55. The fraction of sp³-hybridized carbons (Fsp3) is 0.609. The molecule has 2 aromatic rings. The Morgan fingerprint density at radius 3 is 2.59 bits per heavy atom. The van der Waals surface area contributed by atoms with Crippen LogP contribution in [0.2, 0.25) is 0 Å². The first kappa shape index (κ1) is 17.4. The van der Waals surface area contributed by atoms with Crippen molar-refractivity contribution in [2.75, 3.05) is 13.2 Å². The van der Waals surface area contributed by atoms with E-state index in [-0.39, 0.29) is 11.2 Å². The Labute approximate surface area is 161 Å². The molecule has 4 heteroatoms. The minimum Gasteiger partial charge on any atom is -0.347 e. The Hall–Kier alpha value is -1.65. The summed E-state index contributed by atoms with van der Waals surface area (Å²) >= 11 is 0. The number of hydrogen-bond donors (Lipinski definition) is 0. The van der Waals surface area contributed by atoms with Gasteiger partial charge in [-0.05, 0) is 50.7 Å². The van der Waals surface area contributed by atoms with E-state index in [2.05, 4.69) is 56.5 Å². The molecule has 1 saturated heterocycles. The van der Waals surface area contributed by atoms with Crippen LogP contribution in [0.4, 0.5) is 0 Å². The summed E-state index contributed by atoms with van der Waals surface area (Å²) in [7, 11) is 0. The van der Waals surface area contributed by atoms with Crippen LogP contribution in [0.25, 0.3) is 5.69 Å². The standard InChI is InChI=1S/C23H30N2O2/c1-15-7-5-6-8-19(15)25-17(3)24-21-20(25)10-9-18-16(2)23(26-13-14-27-23)12-11-22(18,21)4/h5-8,16,18H,9-14H2,1-4H3/t16-,18-,22-/m0/s1. The predicted octanol–water partition coefficient (Wildman–Crippen LogP) is 4.48. The maximum Gasteiger partial charge on any atom is 0.171 e. The zero-order valence-electron chi connectivity index (χ0n) is 16.9. The molecule has 1 spiro atoms. The Bertz CT molecular complexity index is 880. The van der Waals surface area contributed by atoms with Crippen LogP contribution in [0.1, 0.15) is 55.9 Å². The number of benzene rings is 1. The van der Waals surface area contributed by atoms with Crippen LogP contribution in [-0.2, 0) is 21.3 Å². The lowest BCUT2D eigenvalue weighted by molar-refractivity contribution is -0.234. The molecule has 0 radical (unpaired) electrons. The Balaban J connectivity index is 1.60. The maximum atomic E-state index is 6.14. The van der Waals surface area contributed by atoms with Crippen LogP contribution in [0.5, 0.6) is 0 Å². The van der Waals surface area contributed by atoms with E-state index in [9.17, 15) is 0 Å². The van der Waals surface area contributed by atoms with Gasteiger partial charge in [0.25, 0.3) is 0 Å². The second kappa shape index (κ2) is 5.92. The van der Waals surface area contributed by atoms with Crippen LogP contribution in [-0.4, -0.2) is 28.6 Å². The summed E-state index contributed by atoms with van der Waals surface area (Å²) in [5.74, 6) is 1.71. The van der Waals surface area contributed by atoms with Gasteiger partial charge in [0.2, 0.25) is 0 Å². The molecule has 1 aliphatic heterocycles. The highest BCUT2D eigenvalue weighted by atomic mass is 16.7. The minimum atomic E-state index is -0.352. The number of rotatable bonds is 1. The number of para-hydroxylation sites is 1. The summed E-state index contributed by atoms with van der Waals surface area (Å²) in [6.45, 7) is 10.6.